The van der Waals surface area contributed by atoms with Crippen molar-refractivity contribution in [1.29, 1.82) is 0 Å². The first-order valence-electron chi connectivity index (χ1n) is 10.8. The Morgan fingerprint density at radius 2 is 2.00 bits per heavy atom. The second-order valence-electron chi connectivity index (χ2n) is 7.77. The van der Waals surface area contributed by atoms with Gasteiger partial charge in [0.25, 0.3) is 5.56 Å². The average Bonchev–Trinajstić information content (AvgIpc) is 3.21. The van der Waals surface area contributed by atoms with Crippen LogP contribution in [-0.2, 0) is 0 Å². The Morgan fingerprint density at radius 1 is 1.12 bits per heavy atom. The van der Waals surface area contributed by atoms with E-state index >= 15 is 0 Å². The standard InChI is InChI=1S/C25H24N6O/c1-2-17-7-6-8-18(12-11-17)13-14-26-25-27-15-20-22-21(16-28-30-22)24(32)31(23(20)29-25)19-9-4-3-5-10-19/h3-6,8-12,15-16H,2,7,13-14H2,1H3,(H,28,30)(H,26,27,29). The molecule has 160 valence electrons. The maximum Gasteiger partial charge on any atom is 0.267 e. The van der Waals surface area contributed by atoms with Gasteiger partial charge in [-0.3, -0.25) is 14.5 Å². The van der Waals surface area contributed by atoms with Gasteiger partial charge in [-0.05, 0) is 37.0 Å². The summed E-state index contributed by atoms with van der Waals surface area (Å²) in [6.07, 6.45) is 15.0. The molecule has 32 heavy (non-hydrogen) atoms. The second-order valence-corrected chi connectivity index (χ2v) is 7.77. The van der Waals surface area contributed by atoms with Crippen molar-refractivity contribution in [2.75, 3.05) is 11.9 Å². The van der Waals surface area contributed by atoms with E-state index in [2.05, 4.69) is 51.7 Å². The number of aromatic amines is 1. The lowest BCUT2D eigenvalue weighted by molar-refractivity contribution is 0.975. The van der Waals surface area contributed by atoms with Gasteiger partial charge in [0.15, 0.2) is 5.65 Å². The fourth-order valence-electron chi connectivity index (χ4n) is 3.95. The van der Waals surface area contributed by atoms with Crippen LogP contribution in [0.15, 0.2) is 83.0 Å². The van der Waals surface area contributed by atoms with Gasteiger partial charge < -0.3 is 5.32 Å². The Kier molecular flexibility index (Phi) is 5.37. The predicted octanol–water partition coefficient (Wildman–Crippen LogP) is 4.68. The summed E-state index contributed by atoms with van der Waals surface area (Å²) in [5.41, 5.74) is 4.48. The van der Waals surface area contributed by atoms with Crippen molar-refractivity contribution in [2.45, 2.75) is 26.2 Å². The molecule has 0 radical (unpaired) electrons. The zero-order valence-electron chi connectivity index (χ0n) is 17.9. The molecule has 0 bridgehead atoms. The quantitative estimate of drug-likeness (QED) is 0.469. The van der Waals surface area contributed by atoms with Gasteiger partial charge in [0.1, 0.15) is 0 Å². The number of para-hydroxylation sites is 1. The highest BCUT2D eigenvalue weighted by molar-refractivity contribution is 6.02. The van der Waals surface area contributed by atoms with Gasteiger partial charge in [-0.1, -0.05) is 55.0 Å². The highest BCUT2D eigenvalue weighted by Crippen LogP contribution is 2.22. The zero-order valence-corrected chi connectivity index (χ0v) is 17.9. The van der Waals surface area contributed by atoms with Crippen LogP contribution in [0.5, 0.6) is 0 Å². The number of pyridine rings is 1. The third kappa shape index (κ3) is 3.73. The lowest BCUT2D eigenvalue weighted by Crippen LogP contribution is -2.20. The summed E-state index contributed by atoms with van der Waals surface area (Å²) in [5.74, 6) is 0.489. The Balaban J connectivity index is 1.48. The summed E-state index contributed by atoms with van der Waals surface area (Å²) in [5, 5.41) is 11.6. The normalized spacial score (nSPS) is 13.8. The van der Waals surface area contributed by atoms with Crippen molar-refractivity contribution in [1.82, 2.24) is 24.7 Å². The Bertz CT molecular complexity index is 1430. The molecule has 0 spiro atoms. The van der Waals surface area contributed by atoms with Crippen LogP contribution in [0.3, 0.4) is 0 Å². The fraction of sp³-hybridized carbons (Fsp3) is 0.200. The number of nitrogens with zero attached hydrogens (tertiary/aromatic N) is 4. The van der Waals surface area contributed by atoms with E-state index in [4.69, 9.17) is 4.98 Å². The van der Waals surface area contributed by atoms with E-state index in [1.807, 2.05) is 30.3 Å². The first-order chi connectivity index (χ1) is 15.7. The van der Waals surface area contributed by atoms with E-state index in [1.54, 1.807) is 17.0 Å². The predicted molar refractivity (Wildman–Crippen MR) is 128 cm³/mol. The van der Waals surface area contributed by atoms with Crippen LogP contribution >= 0.6 is 0 Å². The van der Waals surface area contributed by atoms with Crippen LogP contribution in [0, 0.1) is 0 Å². The number of nitrogens with one attached hydrogen (secondary N) is 2. The van der Waals surface area contributed by atoms with Gasteiger partial charge in [-0.2, -0.15) is 10.1 Å². The molecule has 7 heteroatoms. The molecule has 0 saturated carbocycles. The van der Waals surface area contributed by atoms with Gasteiger partial charge in [0.05, 0.1) is 28.2 Å². The maximum atomic E-state index is 13.2. The number of rotatable bonds is 6. The Labute approximate surface area is 185 Å². The van der Waals surface area contributed by atoms with Gasteiger partial charge >= 0.3 is 0 Å². The fourth-order valence-corrected chi connectivity index (χ4v) is 3.95. The number of allylic oxidation sites excluding steroid dienone is 5. The molecule has 0 amide bonds. The van der Waals surface area contributed by atoms with Crippen LogP contribution < -0.4 is 10.9 Å². The van der Waals surface area contributed by atoms with Gasteiger partial charge in [-0.15, -0.1) is 0 Å². The van der Waals surface area contributed by atoms with Crippen molar-refractivity contribution < 1.29 is 0 Å². The largest absolute Gasteiger partial charge is 0.354 e. The zero-order chi connectivity index (χ0) is 21.9. The smallest absolute Gasteiger partial charge is 0.267 e. The van der Waals surface area contributed by atoms with Gasteiger partial charge in [0, 0.05) is 12.7 Å². The molecule has 2 N–H and O–H groups in total. The summed E-state index contributed by atoms with van der Waals surface area (Å²) < 4.78 is 1.62. The number of hydrogen-bond acceptors (Lipinski definition) is 5. The maximum absolute atomic E-state index is 13.2. The SMILES string of the molecule is CCC1=CC=C(CCNc2ncc3c4[nH]ncc4c(=O)n(-c4ccccc4)c3n2)C=CC1. The molecule has 1 aliphatic carbocycles. The molecular formula is C25H24N6O. The Hall–Kier alpha value is -4.00. The first-order valence-corrected chi connectivity index (χ1v) is 10.8. The van der Waals surface area contributed by atoms with Crippen molar-refractivity contribution in [3.8, 4) is 5.69 Å². The molecule has 4 aromatic rings. The second kappa shape index (κ2) is 8.63. The number of fused-ring (bicyclic) bond motifs is 3. The van der Waals surface area contributed by atoms with E-state index in [1.165, 1.54) is 11.1 Å². The summed E-state index contributed by atoms with van der Waals surface area (Å²) in [7, 11) is 0. The molecule has 0 fully saturated rings. The summed E-state index contributed by atoms with van der Waals surface area (Å²) in [6, 6.07) is 9.51. The number of hydrogen-bond donors (Lipinski definition) is 2. The van der Waals surface area contributed by atoms with Crippen molar-refractivity contribution in [3.63, 3.8) is 0 Å². The van der Waals surface area contributed by atoms with Crippen LogP contribution in [0.4, 0.5) is 5.95 Å². The van der Waals surface area contributed by atoms with E-state index in [0.29, 0.717) is 29.0 Å². The third-order valence-corrected chi connectivity index (χ3v) is 5.73. The number of benzene rings is 1. The molecule has 1 aromatic carbocycles. The molecule has 0 unspecified atom stereocenters. The highest BCUT2D eigenvalue weighted by atomic mass is 16.1. The average molecular weight is 425 g/mol. The molecule has 3 aromatic heterocycles. The molecular weight excluding hydrogens is 400 g/mol. The molecule has 1 aliphatic rings. The number of H-pyrrole nitrogens is 1. The Morgan fingerprint density at radius 3 is 2.84 bits per heavy atom. The van der Waals surface area contributed by atoms with Crippen molar-refractivity contribution in [2.24, 2.45) is 0 Å². The lowest BCUT2D eigenvalue weighted by atomic mass is 10.1. The van der Waals surface area contributed by atoms with Gasteiger partial charge in [0.2, 0.25) is 5.95 Å². The molecule has 5 rings (SSSR count). The molecule has 7 nitrogen and oxygen atoms in total. The summed E-state index contributed by atoms with van der Waals surface area (Å²) in [6.45, 7) is 2.88. The van der Waals surface area contributed by atoms with E-state index in [0.717, 1.165) is 30.3 Å². The van der Waals surface area contributed by atoms with Gasteiger partial charge in [-0.25, -0.2) is 4.98 Å². The minimum absolute atomic E-state index is 0.163. The molecule has 3 heterocycles. The van der Waals surface area contributed by atoms with E-state index in [-0.39, 0.29) is 5.56 Å². The summed E-state index contributed by atoms with van der Waals surface area (Å²) >= 11 is 0. The van der Waals surface area contributed by atoms with E-state index < -0.39 is 0 Å². The number of aromatic nitrogens is 5. The lowest BCUT2D eigenvalue weighted by Gasteiger charge is -2.12. The molecule has 0 saturated heterocycles. The summed E-state index contributed by atoms with van der Waals surface area (Å²) in [4.78, 5) is 22.4. The van der Waals surface area contributed by atoms with Crippen LogP contribution in [0.2, 0.25) is 0 Å². The van der Waals surface area contributed by atoms with E-state index in [9.17, 15) is 4.79 Å². The number of anilines is 1. The highest BCUT2D eigenvalue weighted by Gasteiger charge is 2.16. The van der Waals surface area contributed by atoms with Crippen LogP contribution in [0.1, 0.15) is 26.2 Å². The van der Waals surface area contributed by atoms with Crippen molar-refractivity contribution in [3.05, 3.63) is 88.5 Å². The van der Waals surface area contributed by atoms with Crippen LogP contribution in [-0.4, -0.2) is 31.3 Å². The minimum Gasteiger partial charge on any atom is -0.354 e. The van der Waals surface area contributed by atoms with Crippen LogP contribution in [0.25, 0.3) is 27.6 Å². The van der Waals surface area contributed by atoms with Crippen molar-refractivity contribution >= 4 is 27.9 Å². The minimum atomic E-state index is -0.163. The monoisotopic (exact) mass is 424 g/mol. The third-order valence-electron chi connectivity index (χ3n) is 5.73. The topological polar surface area (TPSA) is 88.5 Å². The molecule has 0 aliphatic heterocycles. The molecule has 0 atom stereocenters. The first kappa shape index (κ1) is 19.9.